The van der Waals surface area contributed by atoms with Gasteiger partial charge >= 0.3 is 0 Å². The van der Waals surface area contributed by atoms with Crippen molar-refractivity contribution in [3.63, 3.8) is 0 Å². The van der Waals surface area contributed by atoms with E-state index in [0.717, 1.165) is 59.0 Å². The lowest BCUT2D eigenvalue weighted by molar-refractivity contribution is 0.744. The molecule has 0 bridgehead atoms. The number of nitrogens with zero attached hydrogens (tertiary/aromatic N) is 4. The molecule has 2 aromatic carbocycles. The Morgan fingerprint density at radius 1 is 0.962 bits per heavy atom. The zero-order valence-electron chi connectivity index (χ0n) is 15.0. The Kier molecular flexibility index (Phi) is 4.50. The SMILES string of the molecule is CNCCCNc1nc2ccccc2c2nnc(-c3ccccc3C)n12. The fourth-order valence-electron chi connectivity index (χ4n) is 3.17. The molecule has 4 rings (SSSR count). The smallest absolute Gasteiger partial charge is 0.211 e. The molecule has 0 unspecified atom stereocenters. The molecule has 0 saturated heterocycles. The lowest BCUT2D eigenvalue weighted by Crippen LogP contribution is -2.15. The third-order valence-corrected chi connectivity index (χ3v) is 4.52. The quantitative estimate of drug-likeness (QED) is 0.525. The van der Waals surface area contributed by atoms with Crippen molar-refractivity contribution >= 4 is 22.5 Å². The van der Waals surface area contributed by atoms with Gasteiger partial charge < -0.3 is 10.6 Å². The lowest BCUT2D eigenvalue weighted by atomic mass is 10.1. The van der Waals surface area contributed by atoms with E-state index in [0.29, 0.717) is 0 Å². The first kappa shape index (κ1) is 16.5. The Balaban J connectivity index is 1.91. The summed E-state index contributed by atoms with van der Waals surface area (Å²) in [5.74, 6) is 1.59. The molecule has 0 radical (unpaired) electrons. The molecule has 0 aliphatic rings. The third kappa shape index (κ3) is 2.88. The first-order chi connectivity index (χ1) is 12.8. The van der Waals surface area contributed by atoms with Gasteiger partial charge in [-0.3, -0.25) is 0 Å². The summed E-state index contributed by atoms with van der Waals surface area (Å²) in [6.45, 7) is 3.87. The van der Waals surface area contributed by atoms with Gasteiger partial charge in [-0.25, -0.2) is 9.38 Å². The average Bonchev–Trinajstić information content (AvgIpc) is 3.11. The molecule has 6 nitrogen and oxygen atoms in total. The standard InChI is InChI=1S/C20H22N6/c1-14-8-3-4-9-15(14)18-24-25-19-16-10-5-6-11-17(16)23-20(26(18)19)22-13-7-12-21-2/h3-6,8-11,21H,7,12-13H2,1-2H3,(H,22,23). The first-order valence-corrected chi connectivity index (χ1v) is 8.88. The molecule has 132 valence electrons. The van der Waals surface area contributed by atoms with Crippen molar-refractivity contribution in [1.82, 2.24) is 24.9 Å². The minimum absolute atomic E-state index is 0.776. The highest BCUT2D eigenvalue weighted by molar-refractivity contribution is 5.93. The molecule has 2 aromatic heterocycles. The van der Waals surface area contributed by atoms with Gasteiger partial charge in [-0.05, 0) is 44.6 Å². The van der Waals surface area contributed by atoms with Gasteiger partial charge in [0.25, 0.3) is 0 Å². The molecule has 0 aliphatic carbocycles. The van der Waals surface area contributed by atoms with Crippen molar-refractivity contribution in [3.05, 3.63) is 54.1 Å². The Hall–Kier alpha value is -2.99. The second kappa shape index (κ2) is 7.09. The Morgan fingerprint density at radius 2 is 1.77 bits per heavy atom. The second-order valence-corrected chi connectivity index (χ2v) is 6.33. The van der Waals surface area contributed by atoms with E-state index in [-0.39, 0.29) is 0 Å². The Morgan fingerprint density at radius 3 is 2.62 bits per heavy atom. The summed E-state index contributed by atoms with van der Waals surface area (Å²) in [6, 6.07) is 16.3. The number of fused-ring (bicyclic) bond motifs is 3. The molecule has 4 aromatic rings. The topological polar surface area (TPSA) is 67.1 Å². The molecule has 2 N–H and O–H groups in total. The van der Waals surface area contributed by atoms with Gasteiger partial charge in [0.05, 0.1) is 5.52 Å². The van der Waals surface area contributed by atoms with Crippen molar-refractivity contribution in [2.45, 2.75) is 13.3 Å². The number of benzene rings is 2. The number of aryl methyl sites for hydroxylation is 1. The van der Waals surface area contributed by atoms with Crippen LogP contribution in [0.4, 0.5) is 5.95 Å². The van der Waals surface area contributed by atoms with Crippen LogP contribution in [-0.4, -0.2) is 39.7 Å². The predicted molar refractivity (Wildman–Crippen MR) is 105 cm³/mol. The maximum atomic E-state index is 4.84. The van der Waals surface area contributed by atoms with Crippen molar-refractivity contribution in [1.29, 1.82) is 0 Å². The van der Waals surface area contributed by atoms with Gasteiger partial charge in [0, 0.05) is 17.5 Å². The highest BCUT2D eigenvalue weighted by Gasteiger charge is 2.17. The number of hydrogen-bond acceptors (Lipinski definition) is 5. The number of rotatable bonds is 6. The summed E-state index contributed by atoms with van der Waals surface area (Å²) in [4.78, 5) is 4.84. The first-order valence-electron chi connectivity index (χ1n) is 8.88. The Labute approximate surface area is 152 Å². The van der Waals surface area contributed by atoms with E-state index in [4.69, 9.17) is 4.98 Å². The summed E-state index contributed by atoms with van der Waals surface area (Å²) >= 11 is 0. The average molecular weight is 346 g/mol. The van der Waals surface area contributed by atoms with Crippen LogP contribution in [0.2, 0.25) is 0 Å². The summed E-state index contributed by atoms with van der Waals surface area (Å²) < 4.78 is 2.03. The number of aromatic nitrogens is 4. The van der Waals surface area contributed by atoms with Crippen molar-refractivity contribution < 1.29 is 0 Å². The van der Waals surface area contributed by atoms with Crippen LogP contribution in [0.25, 0.3) is 27.9 Å². The molecule has 0 amide bonds. The minimum Gasteiger partial charge on any atom is -0.355 e. The molecule has 26 heavy (non-hydrogen) atoms. The molecular weight excluding hydrogens is 324 g/mol. The van der Waals surface area contributed by atoms with Crippen LogP contribution in [-0.2, 0) is 0 Å². The van der Waals surface area contributed by atoms with Crippen molar-refractivity contribution in [2.75, 3.05) is 25.5 Å². The van der Waals surface area contributed by atoms with Crippen LogP contribution in [0.3, 0.4) is 0 Å². The van der Waals surface area contributed by atoms with Crippen LogP contribution in [0.15, 0.2) is 48.5 Å². The molecule has 0 atom stereocenters. The fourth-order valence-corrected chi connectivity index (χ4v) is 3.17. The highest BCUT2D eigenvalue weighted by Crippen LogP contribution is 2.28. The van der Waals surface area contributed by atoms with E-state index in [1.54, 1.807) is 0 Å². The Bertz CT molecular complexity index is 1050. The lowest BCUT2D eigenvalue weighted by Gasteiger charge is -2.12. The highest BCUT2D eigenvalue weighted by atomic mass is 15.3. The molecule has 0 spiro atoms. The van der Waals surface area contributed by atoms with E-state index in [1.165, 1.54) is 0 Å². The van der Waals surface area contributed by atoms with E-state index in [2.05, 4.69) is 39.9 Å². The predicted octanol–water partition coefficient (Wildman–Crippen LogP) is 3.27. The fraction of sp³-hybridized carbons (Fsp3) is 0.250. The molecular formula is C20H22N6. The van der Waals surface area contributed by atoms with Crippen LogP contribution >= 0.6 is 0 Å². The number of para-hydroxylation sites is 1. The molecule has 0 fully saturated rings. The molecule has 6 heteroatoms. The number of nitrogens with one attached hydrogen (secondary N) is 2. The zero-order chi connectivity index (χ0) is 17.9. The third-order valence-electron chi connectivity index (χ3n) is 4.52. The van der Waals surface area contributed by atoms with Crippen LogP contribution in [0, 0.1) is 6.92 Å². The maximum Gasteiger partial charge on any atom is 0.211 e. The monoisotopic (exact) mass is 346 g/mol. The summed E-state index contributed by atoms with van der Waals surface area (Å²) in [7, 11) is 1.96. The van der Waals surface area contributed by atoms with Gasteiger partial charge in [0.15, 0.2) is 11.5 Å². The van der Waals surface area contributed by atoms with Gasteiger partial charge in [0.1, 0.15) is 0 Å². The van der Waals surface area contributed by atoms with Gasteiger partial charge in [-0.2, -0.15) is 0 Å². The van der Waals surface area contributed by atoms with Crippen LogP contribution in [0.1, 0.15) is 12.0 Å². The van der Waals surface area contributed by atoms with Gasteiger partial charge in [-0.1, -0.05) is 36.4 Å². The molecule has 0 aliphatic heterocycles. The molecule has 2 heterocycles. The summed E-state index contributed by atoms with van der Waals surface area (Å²) in [5, 5.41) is 16.6. The second-order valence-electron chi connectivity index (χ2n) is 6.33. The van der Waals surface area contributed by atoms with Crippen LogP contribution < -0.4 is 10.6 Å². The normalized spacial score (nSPS) is 11.3. The van der Waals surface area contributed by atoms with E-state index < -0.39 is 0 Å². The molecule has 0 saturated carbocycles. The van der Waals surface area contributed by atoms with E-state index >= 15 is 0 Å². The van der Waals surface area contributed by atoms with Crippen LogP contribution in [0.5, 0.6) is 0 Å². The van der Waals surface area contributed by atoms with E-state index in [1.807, 2.05) is 47.8 Å². The van der Waals surface area contributed by atoms with Crippen molar-refractivity contribution in [3.8, 4) is 11.4 Å². The van der Waals surface area contributed by atoms with Crippen molar-refractivity contribution in [2.24, 2.45) is 0 Å². The largest absolute Gasteiger partial charge is 0.355 e. The summed E-state index contributed by atoms with van der Waals surface area (Å²) in [6.07, 6.45) is 1.01. The number of anilines is 1. The van der Waals surface area contributed by atoms with Gasteiger partial charge in [-0.15, -0.1) is 10.2 Å². The van der Waals surface area contributed by atoms with Gasteiger partial charge in [0.2, 0.25) is 5.95 Å². The minimum atomic E-state index is 0.776. The van der Waals surface area contributed by atoms with E-state index in [9.17, 15) is 0 Å². The number of hydrogen-bond donors (Lipinski definition) is 2. The zero-order valence-corrected chi connectivity index (χ0v) is 15.0. The maximum absolute atomic E-state index is 4.84. The summed E-state index contributed by atoms with van der Waals surface area (Å²) in [5.41, 5.74) is 3.97.